The highest BCUT2D eigenvalue weighted by Crippen LogP contribution is 2.02. The summed E-state index contributed by atoms with van der Waals surface area (Å²) >= 11 is 0. The van der Waals surface area contributed by atoms with Gasteiger partial charge in [0.25, 0.3) is 0 Å². The summed E-state index contributed by atoms with van der Waals surface area (Å²) < 4.78 is 0. The van der Waals surface area contributed by atoms with E-state index in [2.05, 4.69) is 19.2 Å². The fourth-order valence-corrected chi connectivity index (χ4v) is 1.01. The van der Waals surface area contributed by atoms with Gasteiger partial charge in [0, 0.05) is 13.2 Å². The van der Waals surface area contributed by atoms with Crippen LogP contribution in [-0.4, -0.2) is 24.8 Å². The minimum atomic E-state index is 0.320. The van der Waals surface area contributed by atoms with E-state index in [0.29, 0.717) is 12.5 Å². The molecule has 0 aromatic rings. The molecule has 0 aromatic heterocycles. The number of nitrogens with one attached hydrogen (secondary N) is 1. The van der Waals surface area contributed by atoms with Crippen LogP contribution in [0.25, 0.3) is 0 Å². The van der Waals surface area contributed by atoms with Crippen molar-refractivity contribution >= 4 is 0 Å². The van der Waals surface area contributed by atoms with E-state index in [1.807, 2.05) is 0 Å². The molecule has 62 valence electrons. The summed E-state index contributed by atoms with van der Waals surface area (Å²) in [5, 5.41) is 12.1. The fourth-order valence-electron chi connectivity index (χ4n) is 1.01. The molecular weight excluding hydrogens is 126 g/mol. The first kappa shape index (κ1) is 9.92. The van der Waals surface area contributed by atoms with E-state index in [-0.39, 0.29) is 0 Å². The van der Waals surface area contributed by atoms with Gasteiger partial charge in [-0.3, -0.25) is 0 Å². The third kappa shape index (κ3) is 4.77. The Bertz CT molecular complexity index is 66.3. The Labute approximate surface area is 63.6 Å². The smallest absolute Gasteiger partial charge is 0.0471 e. The Morgan fingerprint density at radius 2 is 2.10 bits per heavy atom. The Morgan fingerprint density at radius 3 is 2.50 bits per heavy atom. The lowest BCUT2D eigenvalue weighted by molar-refractivity contribution is 0.214. The quantitative estimate of drug-likeness (QED) is 0.584. The summed E-state index contributed by atoms with van der Waals surface area (Å²) in [5.41, 5.74) is 0. The van der Waals surface area contributed by atoms with Gasteiger partial charge in [0.15, 0.2) is 0 Å². The fraction of sp³-hybridized carbons (Fsp3) is 1.00. The predicted octanol–water partition coefficient (Wildman–Crippen LogP) is 1.00. The van der Waals surface area contributed by atoms with Gasteiger partial charge in [-0.25, -0.2) is 0 Å². The van der Waals surface area contributed by atoms with Gasteiger partial charge in [-0.05, 0) is 18.9 Å². The monoisotopic (exact) mass is 145 g/mol. The van der Waals surface area contributed by atoms with E-state index in [1.165, 1.54) is 0 Å². The van der Waals surface area contributed by atoms with Crippen LogP contribution in [-0.2, 0) is 0 Å². The molecular formula is C8H19NO. The van der Waals surface area contributed by atoms with Crippen LogP contribution in [0.3, 0.4) is 0 Å². The second-order valence-electron chi connectivity index (χ2n) is 2.64. The van der Waals surface area contributed by atoms with Crippen molar-refractivity contribution in [1.29, 1.82) is 0 Å². The molecule has 0 radical (unpaired) electrons. The Kier molecular flexibility index (Phi) is 6.98. The summed E-state index contributed by atoms with van der Waals surface area (Å²) in [7, 11) is 0. The number of aliphatic hydroxyl groups excluding tert-OH is 1. The number of rotatable bonds is 6. The van der Waals surface area contributed by atoms with Crippen LogP contribution in [0.1, 0.15) is 26.7 Å². The molecule has 0 aliphatic heterocycles. The normalized spacial score (nSPS) is 13.5. The summed E-state index contributed by atoms with van der Waals surface area (Å²) in [6, 6.07) is 0. The molecule has 10 heavy (non-hydrogen) atoms. The van der Waals surface area contributed by atoms with E-state index in [0.717, 1.165) is 25.9 Å². The van der Waals surface area contributed by atoms with Gasteiger partial charge in [-0.2, -0.15) is 0 Å². The SMILES string of the molecule is CCCC(CO)CNCC. The molecule has 0 fully saturated rings. The van der Waals surface area contributed by atoms with Crippen LogP contribution < -0.4 is 5.32 Å². The van der Waals surface area contributed by atoms with Crippen molar-refractivity contribution in [3.63, 3.8) is 0 Å². The van der Waals surface area contributed by atoms with Crippen LogP contribution in [0.5, 0.6) is 0 Å². The van der Waals surface area contributed by atoms with Gasteiger partial charge in [-0.1, -0.05) is 20.3 Å². The molecule has 2 nitrogen and oxygen atoms in total. The Hall–Kier alpha value is -0.0800. The van der Waals surface area contributed by atoms with E-state index < -0.39 is 0 Å². The number of hydrogen-bond acceptors (Lipinski definition) is 2. The molecule has 0 amide bonds. The highest BCUT2D eigenvalue weighted by molar-refractivity contribution is 4.58. The molecule has 0 spiro atoms. The molecule has 0 aromatic carbocycles. The lowest BCUT2D eigenvalue weighted by Crippen LogP contribution is -2.24. The maximum absolute atomic E-state index is 8.84. The van der Waals surface area contributed by atoms with Gasteiger partial charge in [0.2, 0.25) is 0 Å². The Morgan fingerprint density at radius 1 is 1.40 bits per heavy atom. The van der Waals surface area contributed by atoms with Crippen LogP contribution in [0.2, 0.25) is 0 Å². The van der Waals surface area contributed by atoms with Crippen molar-refractivity contribution in [2.75, 3.05) is 19.7 Å². The van der Waals surface area contributed by atoms with E-state index in [9.17, 15) is 0 Å². The van der Waals surface area contributed by atoms with E-state index in [4.69, 9.17) is 5.11 Å². The summed E-state index contributed by atoms with van der Waals surface area (Å²) in [5.74, 6) is 0.463. The zero-order valence-electron chi connectivity index (χ0n) is 7.06. The van der Waals surface area contributed by atoms with Crippen LogP contribution >= 0.6 is 0 Å². The van der Waals surface area contributed by atoms with Crippen LogP contribution in [0.15, 0.2) is 0 Å². The maximum atomic E-state index is 8.84. The van der Waals surface area contributed by atoms with E-state index >= 15 is 0 Å². The van der Waals surface area contributed by atoms with Gasteiger partial charge in [-0.15, -0.1) is 0 Å². The highest BCUT2D eigenvalue weighted by Gasteiger charge is 2.03. The van der Waals surface area contributed by atoms with Gasteiger partial charge >= 0.3 is 0 Å². The molecule has 0 bridgehead atoms. The van der Waals surface area contributed by atoms with Gasteiger partial charge < -0.3 is 10.4 Å². The van der Waals surface area contributed by atoms with E-state index in [1.54, 1.807) is 0 Å². The highest BCUT2D eigenvalue weighted by atomic mass is 16.3. The number of hydrogen-bond donors (Lipinski definition) is 2. The third-order valence-corrected chi connectivity index (χ3v) is 1.64. The molecule has 0 saturated heterocycles. The molecule has 0 aliphatic carbocycles. The van der Waals surface area contributed by atoms with Crippen molar-refractivity contribution in [2.24, 2.45) is 5.92 Å². The summed E-state index contributed by atoms with van der Waals surface area (Å²) in [4.78, 5) is 0. The van der Waals surface area contributed by atoms with Crippen molar-refractivity contribution < 1.29 is 5.11 Å². The first-order valence-electron chi connectivity index (χ1n) is 4.16. The van der Waals surface area contributed by atoms with Crippen molar-refractivity contribution in [3.05, 3.63) is 0 Å². The molecule has 2 N–H and O–H groups in total. The average molecular weight is 145 g/mol. The van der Waals surface area contributed by atoms with Crippen molar-refractivity contribution in [1.82, 2.24) is 5.32 Å². The lowest BCUT2D eigenvalue weighted by Gasteiger charge is -2.12. The van der Waals surface area contributed by atoms with Gasteiger partial charge in [0.1, 0.15) is 0 Å². The van der Waals surface area contributed by atoms with Crippen molar-refractivity contribution in [3.8, 4) is 0 Å². The Balaban J connectivity index is 3.21. The molecule has 1 unspecified atom stereocenters. The summed E-state index contributed by atoms with van der Waals surface area (Å²) in [6.07, 6.45) is 2.29. The van der Waals surface area contributed by atoms with Gasteiger partial charge in [0.05, 0.1) is 0 Å². The third-order valence-electron chi connectivity index (χ3n) is 1.64. The molecule has 0 heterocycles. The molecule has 0 aliphatic rings. The average Bonchev–Trinajstić information content (AvgIpc) is 1.98. The van der Waals surface area contributed by atoms with Crippen LogP contribution in [0, 0.1) is 5.92 Å². The second-order valence-corrected chi connectivity index (χ2v) is 2.64. The molecule has 2 heteroatoms. The zero-order valence-corrected chi connectivity index (χ0v) is 7.06. The first-order valence-corrected chi connectivity index (χ1v) is 4.16. The topological polar surface area (TPSA) is 32.3 Å². The predicted molar refractivity (Wildman–Crippen MR) is 44.0 cm³/mol. The summed E-state index contributed by atoms with van der Waals surface area (Å²) in [6.45, 7) is 6.51. The zero-order chi connectivity index (χ0) is 7.82. The first-order chi connectivity index (χ1) is 4.85. The molecule has 1 atom stereocenters. The molecule has 0 rings (SSSR count). The standard InChI is InChI=1S/C8H19NO/c1-3-5-8(7-10)6-9-4-2/h8-10H,3-7H2,1-2H3. The minimum absolute atomic E-state index is 0.320. The van der Waals surface area contributed by atoms with Crippen LogP contribution in [0.4, 0.5) is 0 Å². The largest absolute Gasteiger partial charge is 0.396 e. The maximum Gasteiger partial charge on any atom is 0.0471 e. The second kappa shape index (κ2) is 7.03. The lowest BCUT2D eigenvalue weighted by atomic mass is 10.1. The number of aliphatic hydroxyl groups is 1. The minimum Gasteiger partial charge on any atom is -0.396 e. The van der Waals surface area contributed by atoms with Crippen molar-refractivity contribution in [2.45, 2.75) is 26.7 Å². The molecule has 0 saturated carbocycles.